The van der Waals surface area contributed by atoms with Crippen LogP contribution in [0.15, 0.2) is 33.1 Å². The smallest absolute Gasteiger partial charge is 0.264 e. The van der Waals surface area contributed by atoms with Crippen LogP contribution in [0.4, 0.5) is 0 Å². The van der Waals surface area contributed by atoms with Gasteiger partial charge in [-0.1, -0.05) is 15.9 Å². The second kappa shape index (κ2) is 4.71. The summed E-state index contributed by atoms with van der Waals surface area (Å²) in [5.74, 6) is 0. The lowest BCUT2D eigenvalue weighted by Gasteiger charge is -1.94. The number of rotatable bonds is 2. The van der Waals surface area contributed by atoms with E-state index >= 15 is 0 Å². The summed E-state index contributed by atoms with van der Waals surface area (Å²) >= 11 is 3.10. The molecule has 0 spiro atoms. The summed E-state index contributed by atoms with van der Waals surface area (Å²) in [6, 6.07) is 3.04. The molecule has 1 N–H and O–H groups in total. The van der Waals surface area contributed by atoms with Gasteiger partial charge in [0.25, 0.3) is 5.56 Å². The highest BCUT2D eigenvalue weighted by Crippen LogP contribution is 1.94. The number of aromatic nitrogens is 2. The van der Waals surface area contributed by atoms with Gasteiger partial charge in [-0.2, -0.15) is 5.10 Å². The van der Waals surface area contributed by atoms with Gasteiger partial charge in [0.1, 0.15) is 5.69 Å². The molecule has 0 unspecified atom stereocenters. The van der Waals surface area contributed by atoms with E-state index in [1.807, 2.05) is 6.92 Å². The van der Waals surface area contributed by atoms with Crippen molar-refractivity contribution in [3.8, 4) is 0 Å². The predicted molar refractivity (Wildman–Crippen MR) is 55.1 cm³/mol. The number of aliphatic imine (C=N–C) groups is 1. The molecule has 0 atom stereocenters. The lowest BCUT2D eigenvalue weighted by atomic mass is 10.3. The summed E-state index contributed by atoms with van der Waals surface area (Å²) in [5.41, 5.74) is 1.18. The summed E-state index contributed by atoms with van der Waals surface area (Å²) < 4.78 is 0. The van der Waals surface area contributed by atoms with Gasteiger partial charge in [-0.05, 0) is 18.0 Å². The molecule has 13 heavy (non-hydrogen) atoms. The van der Waals surface area contributed by atoms with Crippen LogP contribution in [-0.4, -0.2) is 15.9 Å². The van der Waals surface area contributed by atoms with Crippen LogP contribution in [-0.2, 0) is 0 Å². The molecule has 1 heterocycles. The van der Waals surface area contributed by atoms with Gasteiger partial charge >= 0.3 is 0 Å². The summed E-state index contributed by atoms with van der Waals surface area (Å²) in [6.07, 6.45) is 1.60. The van der Waals surface area contributed by atoms with Gasteiger partial charge in [0.15, 0.2) is 0 Å². The first kappa shape index (κ1) is 9.85. The second-order valence-corrected chi connectivity index (χ2v) is 2.82. The monoisotopic (exact) mass is 241 g/mol. The van der Waals surface area contributed by atoms with Gasteiger partial charge < -0.3 is 0 Å². The van der Waals surface area contributed by atoms with Crippen LogP contribution >= 0.6 is 15.9 Å². The zero-order valence-electron chi connectivity index (χ0n) is 6.99. The Labute approximate surface area is 83.5 Å². The van der Waals surface area contributed by atoms with Crippen molar-refractivity contribution >= 4 is 21.6 Å². The van der Waals surface area contributed by atoms with E-state index in [4.69, 9.17) is 0 Å². The van der Waals surface area contributed by atoms with E-state index in [9.17, 15) is 4.79 Å². The molecule has 0 aliphatic rings. The second-order valence-electron chi connectivity index (χ2n) is 2.30. The Kier molecular flexibility index (Phi) is 3.57. The van der Waals surface area contributed by atoms with E-state index in [1.165, 1.54) is 6.07 Å². The lowest BCUT2D eigenvalue weighted by Crippen LogP contribution is -2.09. The van der Waals surface area contributed by atoms with E-state index in [0.717, 1.165) is 5.71 Å². The van der Waals surface area contributed by atoms with E-state index in [1.54, 1.807) is 17.3 Å². The van der Waals surface area contributed by atoms with Gasteiger partial charge in [-0.3, -0.25) is 9.79 Å². The highest BCUT2D eigenvalue weighted by atomic mass is 79.9. The summed E-state index contributed by atoms with van der Waals surface area (Å²) in [7, 11) is 0. The molecule has 0 saturated heterocycles. The van der Waals surface area contributed by atoms with Crippen molar-refractivity contribution in [2.75, 3.05) is 0 Å². The largest absolute Gasteiger partial charge is 0.268 e. The van der Waals surface area contributed by atoms with Gasteiger partial charge in [0.05, 0.1) is 5.71 Å². The SMILES string of the molecule is CC(=N/C=C/Br)c1ccc(=O)[nH]n1. The van der Waals surface area contributed by atoms with Crippen LogP contribution < -0.4 is 5.56 Å². The number of hydrogen-bond acceptors (Lipinski definition) is 3. The molecule has 0 saturated carbocycles. The Morgan fingerprint density at radius 3 is 3.00 bits per heavy atom. The number of nitrogens with zero attached hydrogens (tertiary/aromatic N) is 2. The molecule has 5 heteroatoms. The Hall–Kier alpha value is -1.23. The van der Waals surface area contributed by atoms with E-state index in [-0.39, 0.29) is 5.56 Å². The summed E-state index contributed by atoms with van der Waals surface area (Å²) in [4.78, 5) is 16.4. The van der Waals surface area contributed by atoms with Crippen molar-refractivity contribution in [3.05, 3.63) is 39.4 Å². The molecule has 0 radical (unpaired) electrons. The molecule has 0 fully saturated rings. The molecule has 0 bridgehead atoms. The number of H-pyrrole nitrogens is 1. The standard InChI is InChI=1S/C8H8BrN3O/c1-6(10-5-4-9)7-2-3-8(13)12-11-7/h2-5H,1H3,(H,12,13)/b5-4+,10-6?. The molecule has 1 aromatic heterocycles. The van der Waals surface area contributed by atoms with Crippen LogP contribution in [0.5, 0.6) is 0 Å². The quantitative estimate of drug-likeness (QED) is 0.798. The third-order valence-corrected chi connectivity index (χ3v) is 1.61. The Balaban J connectivity index is 2.95. The van der Waals surface area contributed by atoms with E-state index in [2.05, 4.69) is 31.1 Å². The van der Waals surface area contributed by atoms with Crippen molar-refractivity contribution in [1.82, 2.24) is 10.2 Å². The molecule has 0 aliphatic heterocycles. The number of hydrogen-bond donors (Lipinski definition) is 1. The minimum atomic E-state index is -0.215. The zero-order valence-corrected chi connectivity index (χ0v) is 8.58. The maximum absolute atomic E-state index is 10.7. The van der Waals surface area contributed by atoms with Gasteiger partial charge in [0, 0.05) is 12.3 Å². The first-order valence-electron chi connectivity index (χ1n) is 3.60. The summed E-state index contributed by atoms with van der Waals surface area (Å²) in [6.45, 7) is 1.81. The normalized spacial score (nSPS) is 12.3. The number of nitrogens with one attached hydrogen (secondary N) is 1. The molecule has 1 aromatic rings. The van der Waals surface area contributed by atoms with Crippen molar-refractivity contribution in [3.63, 3.8) is 0 Å². The van der Waals surface area contributed by atoms with Crippen molar-refractivity contribution in [1.29, 1.82) is 0 Å². The molecule has 0 amide bonds. The fraction of sp³-hybridized carbons (Fsp3) is 0.125. The molecule has 68 valence electrons. The fourth-order valence-corrected chi connectivity index (χ4v) is 0.870. The number of halogens is 1. The van der Waals surface area contributed by atoms with Crippen LogP contribution in [0.2, 0.25) is 0 Å². The van der Waals surface area contributed by atoms with Gasteiger partial charge in [-0.25, -0.2) is 5.10 Å². The maximum Gasteiger partial charge on any atom is 0.264 e. The highest BCUT2D eigenvalue weighted by molar-refractivity contribution is 9.11. The highest BCUT2D eigenvalue weighted by Gasteiger charge is 1.96. The van der Waals surface area contributed by atoms with Crippen molar-refractivity contribution in [2.24, 2.45) is 4.99 Å². The molecular formula is C8H8BrN3O. The van der Waals surface area contributed by atoms with Crippen LogP contribution in [0.3, 0.4) is 0 Å². The third kappa shape index (κ3) is 2.95. The van der Waals surface area contributed by atoms with Crippen molar-refractivity contribution in [2.45, 2.75) is 6.92 Å². The Bertz CT molecular complexity index is 374. The first-order chi connectivity index (χ1) is 6.24. The van der Waals surface area contributed by atoms with E-state index in [0.29, 0.717) is 5.69 Å². The summed E-state index contributed by atoms with van der Waals surface area (Å²) in [5, 5.41) is 6.15. The molecular weight excluding hydrogens is 234 g/mol. The molecule has 4 nitrogen and oxygen atoms in total. The minimum Gasteiger partial charge on any atom is -0.268 e. The average Bonchev–Trinajstić information content (AvgIpc) is 2.15. The van der Waals surface area contributed by atoms with Crippen LogP contribution in [0.1, 0.15) is 12.6 Å². The Morgan fingerprint density at radius 2 is 2.46 bits per heavy atom. The molecule has 0 aliphatic carbocycles. The predicted octanol–water partition coefficient (Wildman–Crippen LogP) is 1.44. The first-order valence-corrected chi connectivity index (χ1v) is 4.51. The zero-order chi connectivity index (χ0) is 9.68. The van der Waals surface area contributed by atoms with Crippen LogP contribution in [0.25, 0.3) is 0 Å². The molecule has 0 aromatic carbocycles. The Morgan fingerprint density at radius 1 is 1.69 bits per heavy atom. The van der Waals surface area contributed by atoms with Gasteiger partial charge in [-0.15, -0.1) is 0 Å². The van der Waals surface area contributed by atoms with E-state index < -0.39 is 0 Å². The van der Waals surface area contributed by atoms with Crippen molar-refractivity contribution < 1.29 is 0 Å². The average molecular weight is 242 g/mol. The minimum absolute atomic E-state index is 0.215. The molecule has 1 rings (SSSR count). The van der Waals surface area contributed by atoms with Gasteiger partial charge in [0.2, 0.25) is 0 Å². The third-order valence-electron chi connectivity index (χ3n) is 1.37. The van der Waals surface area contributed by atoms with Crippen LogP contribution in [0, 0.1) is 0 Å². The maximum atomic E-state index is 10.7. The number of aromatic amines is 1. The fourth-order valence-electron chi connectivity index (χ4n) is 0.752. The lowest BCUT2D eigenvalue weighted by molar-refractivity contribution is 0.975. The topological polar surface area (TPSA) is 58.1 Å².